The fourth-order valence-corrected chi connectivity index (χ4v) is 2.34. The van der Waals surface area contributed by atoms with Gasteiger partial charge in [0.15, 0.2) is 0 Å². The number of carbonyl (C=O) groups is 1. The maximum Gasteiger partial charge on any atom is 0.254 e. The molecule has 2 heterocycles. The number of rotatable bonds is 7. The van der Waals surface area contributed by atoms with E-state index in [0.29, 0.717) is 24.6 Å². The zero-order chi connectivity index (χ0) is 18.2. The maximum absolute atomic E-state index is 12.1. The Morgan fingerprint density at radius 3 is 2.50 bits per heavy atom. The zero-order valence-corrected chi connectivity index (χ0v) is 14.3. The van der Waals surface area contributed by atoms with E-state index in [1.54, 1.807) is 13.3 Å². The Hall–Kier alpha value is -3.48. The second-order valence-electron chi connectivity index (χ2n) is 5.46. The molecule has 0 saturated heterocycles. The molecule has 0 unspecified atom stereocenters. The van der Waals surface area contributed by atoms with Crippen LogP contribution in [0, 0.1) is 0 Å². The summed E-state index contributed by atoms with van der Waals surface area (Å²) in [5.74, 6) is 0.995. The molecule has 0 saturated carbocycles. The summed E-state index contributed by atoms with van der Waals surface area (Å²) in [6, 6.07) is 13.3. The van der Waals surface area contributed by atoms with Gasteiger partial charge < -0.3 is 15.4 Å². The second kappa shape index (κ2) is 8.57. The third-order valence-corrected chi connectivity index (χ3v) is 3.70. The molecule has 132 valence electrons. The Morgan fingerprint density at radius 1 is 1.00 bits per heavy atom. The van der Waals surface area contributed by atoms with Crippen LogP contribution in [0.5, 0.6) is 5.75 Å². The predicted molar refractivity (Wildman–Crippen MR) is 97.8 cm³/mol. The van der Waals surface area contributed by atoms with Gasteiger partial charge in [0.25, 0.3) is 5.91 Å². The molecule has 0 radical (unpaired) electrons. The van der Waals surface area contributed by atoms with Crippen molar-refractivity contribution >= 4 is 11.9 Å². The lowest BCUT2D eigenvalue weighted by Gasteiger charge is -2.09. The van der Waals surface area contributed by atoms with E-state index in [9.17, 15) is 4.79 Å². The van der Waals surface area contributed by atoms with Gasteiger partial charge in [-0.3, -0.25) is 9.78 Å². The molecule has 2 aromatic heterocycles. The van der Waals surface area contributed by atoms with Crippen LogP contribution in [0.4, 0.5) is 5.95 Å². The first kappa shape index (κ1) is 17.3. The van der Waals surface area contributed by atoms with Crippen molar-refractivity contribution in [2.75, 3.05) is 12.4 Å². The number of pyridine rings is 1. The quantitative estimate of drug-likeness (QED) is 0.681. The number of aromatic nitrogens is 3. The Bertz CT molecular complexity index is 853. The number of amides is 1. The predicted octanol–water partition coefficient (Wildman–Crippen LogP) is 2.42. The van der Waals surface area contributed by atoms with Gasteiger partial charge in [0.1, 0.15) is 5.75 Å². The van der Waals surface area contributed by atoms with E-state index in [1.165, 1.54) is 12.4 Å². The van der Waals surface area contributed by atoms with Gasteiger partial charge in [-0.15, -0.1) is 0 Å². The summed E-state index contributed by atoms with van der Waals surface area (Å²) >= 11 is 0. The Balaban J connectivity index is 1.55. The van der Waals surface area contributed by atoms with E-state index >= 15 is 0 Å². The van der Waals surface area contributed by atoms with Gasteiger partial charge in [-0.05, 0) is 18.2 Å². The number of ether oxygens (including phenoxy) is 1. The van der Waals surface area contributed by atoms with Crippen LogP contribution in [0.1, 0.15) is 21.6 Å². The SMILES string of the molecule is COc1ccccc1CNc1ncc(C(=O)NCc2ccccn2)cn1. The van der Waals surface area contributed by atoms with Crippen molar-refractivity contribution in [1.82, 2.24) is 20.3 Å². The van der Waals surface area contributed by atoms with Crippen LogP contribution in [-0.2, 0) is 13.1 Å². The van der Waals surface area contributed by atoms with Crippen LogP contribution in [0.3, 0.4) is 0 Å². The minimum absolute atomic E-state index is 0.244. The summed E-state index contributed by atoms with van der Waals surface area (Å²) in [6.45, 7) is 0.878. The molecule has 3 aromatic rings. The first-order valence-electron chi connectivity index (χ1n) is 8.12. The van der Waals surface area contributed by atoms with E-state index in [4.69, 9.17) is 4.74 Å². The molecule has 0 aliphatic heterocycles. The van der Waals surface area contributed by atoms with Crippen molar-refractivity contribution < 1.29 is 9.53 Å². The molecule has 2 N–H and O–H groups in total. The van der Waals surface area contributed by atoms with E-state index < -0.39 is 0 Å². The molecular weight excluding hydrogens is 330 g/mol. The van der Waals surface area contributed by atoms with Crippen molar-refractivity contribution in [2.24, 2.45) is 0 Å². The van der Waals surface area contributed by atoms with Crippen LogP contribution in [0.2, 0.25) is 0 Å². The fourth-order valence-electron chi connectivity index (χ4n) is 2.34. The highest BCUT2D eigenvalue weighted by atomic mass is 16.5. The summed E-state index contributed by atoms with van der Waals surface area (Å²) in [4.78, 5) is 24.7. The Kier molecular flexibility index (Phi) is 5.72. The number of hydrogen-bond acceptors (Lipinski definition) is 6. The molecule has 7 heteroatoms. The molecule has 0 spiro atoms. The van der Waals surface area contributed by atoms with Crippen molar-refractivity contribution in [1.29, 1.82) is 0 Å². The first-order chi connectivity index (χ1) is 12.8. The normalized spacial score (nSPS) is 10.2. The molecule has 1 amide bonds. The third kappa shape index (κ3) is 4.54. The topological polar surface area (TPSA) is 89.0 Å². The Labute approximate surface area is 151 Å². The zero-order valence-electron chi connectivity index (χ0n) is 14.3. The fraction of sp³-hybridized carbons (Fsp3) is 0.158. The molecule has 7 nitrogen and oxygen atoms in total. The van der Waals surface area contributed by atoms with Gasteiger partial charge in [0.05, 0.1) is 24.9 Å². The van der Waals surface area contributed by atoms with Gasteiger partial charge in [-0.2, -0.15) is 0 Å². The molecule has 0 atom stereocenters. The van der Waals surface area contributed by atoms with Crippen molar-refractivity contribution in [3.63, 3.8) is 0 Å². The summed E-state index contributed by atoms with van der Waals surface area (Å²) in [5.41, 5.74) is 2.18. The maximum atomic E-state index is 12.1. The van der Waals surface area contributed by atoms with Crippen molar-refractivity contribution in [2.45, 2.75) is 13.1 Å². The number of nitrogens with one attached hydrogen (secondary N) is 2. The van der Waals surface area contributed by atoms with Gasteiger partial charge in [0, 0.05) is 30.7 Å². The highest BCUT2D eigenvalue weighted by Crippen LogP contribution is 2.17. The number of para-hydroxylation sites is 1. The number of anilines is 1. The monoisotopic (exact) mass is 349 g/mol. The van der Waals surface area contributed by atoms with Crippen LogP contribution < -0.4 is 15.4 Å². The average Bonchev–Trinajstić information content (AvgIpc) is 2.72. The number of carbonyl (C=O) groups excluding carboxylic acids is 1. The summed E-state index contributed by atoms with van der Waals surface area (Å²) < 4.78 is 5.31. The summed E-state index contributed by atoms with van der Waals surface area (Å²) in [6.07, 6.45) is 4.67. The second-order valence-corrected chi connectivity index (χ2v) is 5.46. The molecule has 0 bridgehead atoms. The standard InChI is InChI=1S/C19H19N5O2/c1-26-17-8-3-2-6-14(17)10-22-19-23-11-15(12-24-19)18(25)21-13-16-7-4-5-9-20-16/h2-9,11-12H,10,13H2,1H3,(H,21,25)(H,22,23,24). The van der Waals surface area contributed by atoms with Gasteiger partial charge >= 0.3 is 0 Å². The molecule has 0 fully saturated rings. The van der Waals surface area contributed by atoms with E-state index in [1.807, 2.05) is 42.5 Å². The number of nitrogens with zero attached hydrogens (tertiary/aromatic N) is 3. The van der Waals surface area contributed by atoms with Crippen LogP contribution in [0.25, 0.3) is 0 Å². The highest BCUT2D eigenvalue weighted by molar-refractivity contribution is 5.93. The lowest BCUT2D eigenvalue weighted by Crippen LogP contribution is -2.23. The molecule has 0 aliphatic rings. The number of hydrogen-bond donors (Lipinski definition) is 2. The number of methoxy groups -OCH3 is 1. The first-order valence-corrected chi connectivity index (χ1v) is 8.12. The lowest BCUT2D eigenvalue weighted by atomic mass is 10.2. The van der Waals surface area contributed by atoms with Crippen molar-refractivity contribution in [3.05, 3.63) is 77.9 Å². The Morgan fingerprint density at radius 2 is 1.77 bits per heavy atom. The van der Waals surface area contributed by atoms with E-state index in [0.717, 1.165) is 17.0 Å². The molecular formula is C19H19N5O2. The average molecular weight is 349 g/mol. The summed E-state index contributed by atoms with van der Waals surface area (Å²) in [7, 11) is 1.63. The minimum Gasteiger partial charge on any atom is -0.496 e. The number of benzene rings is 1. The smallest absolute Gasteiger partial charge is 0.254 e. The molecule has 3 rings (SSSR count). The van der Waals surface area contributed by atoms with Gasteiger partial charge in [-0.1, -0.05) is 24.3 Å². The minimum atomic E-state index is -0.244. The van der Waals surface area contributed by atoms with Crippen molar-refractivity contribution in [3.8, 4) is 5.75 Å². The van der Waals surface area contributed by atoms with Crippen LogP contribution >= 0.6 is 0 Å². The van der Waals surface area contributed by atoms with Gasteiger partial charge in [-0.25, -0.2) is 9.97 Å². The van der Waals surface area contributed by atoms with E-state index in [2.05, 4.69) is 25.6 Å². The van der Waals surface area contributed by atoms with E-state index in [-0.39, 0.29) is 5.91 Å². The molecule has 1 aromatic carbocycles. The van der Waals surface area contributed by atoms with Crippen LogP contribution in [-0.4, -0.2) is 28.0 Å². The summed E-state index contributed by atoms with van der Waals surface area (Å²) in [5, 5.41) is 5.90. The largest absolute Gasteiger partial charge is 0.496 e. The molecule has 0 aliphatic carbocycles. The third-order valence-electron chi connectivity index (χ3n) is 3.70. The molecule has 26 heavy (non-hydrogen) atoms. The van der Waals surface area contributed by atoms with Crippen LogP contribution in [0.15, 0.2) is 61.1 Å². The van der Waals surface area contributed by atoms with Gasteiger partial charge in [0.2, 0.25) is 5.95 Å². The lowest BCUT2D eigenvalue weighted by molar-refractivity contribution is 0.0949. The highest BCUT2D eigenvalue weighted by Gasteiger charge is 2.08.